The Labute approximate surface area is 173 Å². The average Bonchev–Trinajstić information content (AvgIpc) is 3.55. The van der Waals surface area contributed by atoms with Gasteiger partial charge in [-0.15, -0.1) is 0 Å². The maximum absolute atomic E-state index is 14.1. The molecule has 2 fully saturated rings. The van der Waals surface area contributed by atoms with E-state index in [0.29, 0.717) is 12.3 Å². The Hall–Kier alpha value is -2.06. The number of rotatable bonds is 5. The van der Waals surface area contributed by atoms with Crippen LogP contribution in [0.25, 0.3) is 0 Å². The first-order valence-corrected chi connectivity index (χ1v) is 10.1. The summed E-state index contributed by atoms with van der Waals surface area (Å²) in [6.07, 6.45) is -4.76. The van der Waals surface area contributed by atoms with Gasteiger partial charge in [-0.05, 0) is 66.5 Å². The van der Waals surface area contributed by atoms with Crippen molar-refractivity contribution in [1.29, 1.82) is 0 Å². The van der Waals surface area contributed by atoms with E-state index in [1.165, 1.54) is 24.5 Å². The summed E-state index contributed by atoms with van der Waals surface area (Å²) in [5, 5.41) is 39.8. The molecule has 0 spiro atoms. The van der Waals surface area contributed by atoms with Crippen molar-refractivity contribution < 1.29 is 33.9 Å². The predicted octanol–water partition coefficient (Wildman–Crippen LogP) is 2.96. The molecule has 4 atom stereocenters. The maximum atomic E-state index is 14.1. The third-order valence-electron chi connectivity index (χ3n) is 6.15. The molecule has 1 heterocycles. The number of aromatic hydroxyl groups is 1. The fourth-order valence-corrected chi connectivity index (χ4v) is 4.07. The highest BCUT2D eigenvalue weighted by atomic mass is 19.3. The molecule has 5 nitrogen and oxygen atoms in total. The summed E-state index contributed by atoms with van der Waals surface area (Å²) in [4.78, 5) is 0. The largest absolute Gasteiger partial charge is 0.508 e. The molecule has 30 heavy (non-hydrogen) atoms. The summed E-state index contributed by atoms with van der Waals surface area (Å²) in [6.45, 7) is 0.801. The molecule has 162 valence electrons. The number of aliphatic hydroxyl groups is 3. The van der Waals surface area contributed by atoms with Crippen molar-refractivity contribution in [2.45, 2.75) is 62.4 Å². The number of phenols is 1. The van der Waals surface area contributed by atoms with Gasteiger partial charge in [-0.3, -0.25) is 0 Å². The number of hydrogen-bond acceptors (Lipinski definition) is 5. The molecule has 4 N–H and O–H groups in total. The number of alkyl halides is 2. The van der Waals surface area contributed by atoms with Gasteiger partial charge in [0.05, 0.1) is 6.61 Å². The molecule has 2 aliphatic rings. The minimum absolute atomic E-state index is 0.103. The minimum atomic E-state index is -3.81. The highest BCUT2D eigenvalue weighted by Crippen LogP contribution is 2.44. The van der Waals surface area contributed by atoms with Crippen LogP contribution in [0, 0.1) is 6.92 Å². The minimum Gasteiger partial charge on any atom is -0.508 e. The molecule has 1 saturated heterocycles. The van der Waals surface area contributed by atoms with Crippen LogP contribution in [-0.2, 0) is 11.2 Å². The highest BCUT2D eigenvalue weighted by Gasteiger charge is 2.57. The van der Waals surface area contributed by atoms with Crippen molar-refractivity contribution in [3.8, 4) is 5.75 Å². The molecule has 0 radical (unpaired) electrons. The molecule has 1 aliphatic carbocycles. The molecule has 4 rings (SSSR count). The molecular weight excluding hydrogens is 394 g/mol. The molecular formula is C23H26F2O5. The standard InChI is InChI=1S/C23H26F2O5/c1-12-8-18(27)17(21-20(28)22(29)23(24,25)19(11-26)30-21)10-16(12)9-13-2-4-14(5-3-13)15-6-7-15/h2-5,8,10,15,19-22,26-29H,6-7,9,11H2,1H3/t19-,20+,21+,22-/m1/s1. The predicted molar refractivity (Wildman–Crippen MR) is 106 cm³/mol. The SMILES string of the molecule is Cc1cc(O)c([C@@H]2O[C@H](CO)C(F)(F)[C@H](O)[C@H]2O)cc1Cc1ccc(C2CC2)cc1. The van der Waals surface area contributed by atoms with Gasteiger partial charge in [0.15, 0.2) is 0 Å². The van der Waals surface area contributed by atoms with Crippen LogP contribution in [0.4, 0.5) is 8.78 Å². The zero-order chi connectivity index (χ0) is 21.6. The van der Waals surface area contributed by atoms with Crippen LogP contribution < -0.4 is 0 Å². The Kier molecular flexibility index (Phi) is 5.57. The Bertz CT molecular complexity index is 907. The Morgan fingerprint density at radius 3 is 2.37 bits per heavy atom. The van der Waals surface area contributed by atoms with Crippen molar-refractivity contribution in [3.63, 3.8) is 0 Å². The normalized spacial score (nSPS) is 28.5. The molecule has 2 aromatic rings. The monoisotopic (exact) mass is 420 g/mol. The van der Waals surface area contributed by atoms with Crippen LogP contribution in [0.3, 0.4) is 0 Å². The van der Waals surface area contributed by atoms with E-state index in [2.05, 4.69) is 24.3 Å². The topological polar surface area (TPSA) is 90.2 Å². The van der Waals surface area contributed by atoms with Crippen molar-refractivity contribution in [1.82, 2.24) is 0 Å². The van der Waals surface area contributed by atoms with E-state index in [4.69, 9.17) is 4.74 Å². The van der Waals surface area contributed by atoms with Gasteiger partial charge in [-0.2, -0.15) is 0 Å². The number of aryl methyl sites for hydroxylation is 1. The molecule has 0 unspecified atom stereocenters. The van der Waals surface area contributed by atoms with Crippen molar-refractivity contribution in [3.05, 3.63) is 64.2 Å². The van der Waals surface area contributed by atoms with Gasteiger partial charge in [0, 0.05) is 5.56 Å². The smallest absolute Gasteiger partial charge is 0.303 e. The number of aliphatic hydroxyl groups excluding tert-OH is 3. The van der Waals surface area contributed by atoms with E-state index in [9.17, 15) is 29.2 Å². The molecule has 7 heteroatoms. The lowest BCUT2D eigenvalue weighted by Gasteiger charge is -2.42. The average molecular weight is 420 g/mol. The van der Waals surface area contributed by atoms with E-state index in [0.717, 1.165) is 16.7 Å². The quantitative estimate of drug-likeness (QED) is 0.597. The fraction of sp³-hybridized carbons (Fsp3) is 0.478. The lowest BCUT2D eigenvalue weighted by molar-refractivity contribution is -0.296. The van der Waals surface area contributed by atoms with E-state index in [-0.39, 0.29) is 11.3 Å². The Morgan fingerprint density at radius 2 is 1.77 bits per heavy atom. The summed E-state index contributed by atoms with van der Waals surface area (Å²) in [5.74, 6) is -3.37. The van der Waals surface area contributed by atoms with Crippen LogP contribution in [0.2, 0.25) is 0 Å². The summed E-state index contributed by atoms with van der Waals surface area (Å²) in [6, 6.07) is 11.4. The fourth-order valence-electron chi connectivity index (χ4n) is 4.07. The number of benzene rings is 2. The highest BCUT2D eigenvalue weighted by molar-refractivity contribution is 5.45. The summed E-state index contributed by atoms with van der Waals surface area (Å²) in [5.41, 5.74) is 4.13. The van der Waals surface area contributed by atoms with Crippen LogP contribution in [-0.4, -0.2) is 51.3 Å². The van der Waals surface area contributed by atoms with Crippen molar-refractivity contribution in [2.75, 3.05) is 6.61 Å². The van der Waals surface area contributed by atoms with Crippen molar-refractivity contribution in [2.24, 2.45) is 0 Å². The Balaban J connectivity index is 1.62. The first kappa shape index (κ1) is 21.2. The number of ether oxygens (including phenoxy) is 1. The second-order valence-electron chi connectivity index (χ2n) is 8.37. The third kappa shape index (κ3) is 3.83. The number of halogens is 2. The lowest BCUT2D eigenvalue weighted by Crippen LogP contribution is -2.59. The molecule has 1 aliphatic heterocycles. The summed E-state index contributed by atoms with van der Waals surface area (Å²) >= 11 is 0. The van der Waals surface area contributed by atoms with Crippen LogP contribution in [0.5, 0.6) is 5.75 Å². The molecule has 0 aromatic heterocycles. The van der Waals surface area contributed by atoms with Gasteiger partial charge in [0.25, 0.3) is 0 Å². The van der Waals surface area contributed by atoms with Gasteiger partial charge in [0.2, 0.25) is 0 Å². The van der Waals surface area contributed by atoms with Crippen LogP contribution >= 0.6 is 0 Å². The summed E-state index contributed by atoms with van der Waals surface area (Å²) < 4.78 is 33.4. The lowest BCUT2D eigenvalue weighted by atomic mass is 9.88. The van der Waals surface area contributed by atoms with Crippen LogP contribution in [0.15, 0.2) is 36.4 Å². The Morgan fingerprint density at radius 1 is 1.10 bits per heavy atom. The molecule has 0 bridgehead atoms. The van der Waals surface area contributed by atoms with E-state index in [1.54, 1.807) is 6.07 Å². The van der Waals surface area contributed by atoms with E-state index < -0.39 is 36.9 Å². The zero-order valence-electron chi connectivity index (χ0n) is 16.6. The first-order chi connectivity index (χ1) is 14.2. The third-order valence-corrected chi connectivity index (χ3v) is 6.15. The zero-order valence-corrected chi connectivity index (χ0v) is 16.6. The van der Waals surface area contributed by atoms with E-state index >= 15 is 0 Å². The number of hydrogen-bond donors (Lipinski definition) is 4. The summed E-state index contributed by atoms with van der Waals surface area (Å²) in [7, 11) is 0. The second kappa shape index (κ2) is 7.89. The second-order valence-corrected chi connectivity index (χ2v) is 8.37. The number of phenolic OH excluding ortho intramolecular Hbond substituents is 1. The van der Waals surface area contributed by atoms with Gasteiger partial charge in [0.1, 0.15) is 30.2 Å². The maximum Gasteiger partial charge on any atom is 0.303 e. The van der Waals surface area contributed by atoms with Gasteiger partial charge < -0.3 is 25.2 Å². The van der Waals surface area contributed by atoms with Crippen LogP contribution in [0.1, 0.15) is 52.7 Å². The first-order valence-electron chi connectivity index (χ1n) is 10.1. The molecule has 0 amide bonds. The molecule has 1 saturated carbocycles. The van der Waals surface area contributed by atoms with E-state index in [1.807, 2.05) is 6.92 Å². The van der Waals surface area contributed by atoms with Crippen molar-refractivity contribution >= 4 is 0 Å². The van der Waals surface area contributed by atoms with Gasteiger partial charge in [-0.1, -0.05) is 24.3 Å². The van der Waals surface area contributed by atoms with Gasteiger partial charge >= 0.3 is 5.92 Å². The van der Waals surface area contributed by atoms with Gasteiger partial charge in [-0.25, -0.2) is 8.78 Å². The molecule has 2 aromatic carbocycles.